The second kappa shape index (κ2) is 5.21. The molecule has 20 heavy (non-hydrogen) atoms. The average molecular weight is 296 g/mol. The van der Waals surface area contributed by atoms with Crippen molar-refractivity contribution in [3.8, 4) is 0 Å². The molecule has 0 saturated heterocycles. The number of carbonyl (C=O) groups is 1. The SMILES string of the molecule is COC1(CNC(=O)c2sc(NC3CC3)nc2N)CCC1. The summed E-state index contributed by atoms with van der Waals surface area (Å²) in [5, 5.41) is 6.91. The number of methoxy groups -OCH3 is 1. The molecule has 6 nitrogen and oxygen atoms in total. The lowest BCUT2D eigenvalue weighted by atomic mass is 9.80. The third-order valence-corrected chi connectivity index (χ3v) is 5.03. The highest BCUT2D eigenvalue weighted by atomic mass is 32.1. The lowest BCUT2D eigenvalue weighted by Gasteiger charge is -2.40. The van der Waals surface area contributed by atoms with Gasteiger partial charge in [0.2, 0.25) is 0 Å². The lowest BCUT2D eigenvalue weighted by molar-refractivity contribution is -0.0679. The van der Waals surface area contributed by atoms with Gasteiger partial charge in [-0.05, 0) is 32.1 Å². The Morgan fingerprint density at radius 2 is 2.30 bits per heavy atom. The minimum Gasteiger partial charge on any atom is -0.382 e. The number of thiazole rings is 1. The van der Waals surface area contributed by atoms with Crippen LogP contribution in [0.3, 0.4) is 0 Å². The Labute approximate surface area is 122 Å². The van der Waals surface area contributed by atoms with Crippen LogP contribution in [-0.2, 0) is 4.74 Å². The molecule has 1 aromatic heterocycles. The van der Waals surface area contributed by atoms with Crippen LogP contribution in [0.1, 0.15) is 41.8 Å². The predicted octanol–water partition coefficient (Wildman–Crippen LogP) is 1.60. The van der Waals surface area contributed by atoms with E-state index in [-0.39, 0.29) is 11.5 Å². The second-order valence-corrected chi connectivity index (χ2v) is 6.57. The molecule has 0 atom stereocenters. The Hall–Kier alpha value is -1.34. The maximum atomic E-state index is 12.2. The van der Waals surface area contributed by atoms with Gasteiger partial charge >= 0.3 is 0 Å². The number of nitrogen functional groups attached to an aromatic ring is 1. The summed E-state index contributed by atoms with van der Waals surface area (Å²) >= 11 is 1.32. The van der Waals surface area contributed by atoms with Crippen LogP contribution in [0, 0.1) is 0 Å². The van der Waals surface area contributed by atoms with Crippen LogP contribution in [0.15, 0.2) is 0 Å². The van der Waals surface area contributed by atoms with Gasteiger partial charge in [0, 0.05) is 19.7 Å². The molecule has 0 spiro atoms. The van der Waals surface area contributed by atoms with Gasteiger partial charge in [0.1, 0.15) is 10.7 Å². The monoisotopic (exact) mass is 296 g/mol. The van der Waals surface area contributed by atoms with E-state index in [4.69, 9.17) is 10.5 Å². The summed E-state index contributed by atoms with van der Waals surface area (Å²) in [5.74, 6) is 0.142. The maximum Gasteiger partial charge on any atom is 0.265 e. The normalized spacial score (nSPS) is 20.2. The number of anilines is 2. The summed E-state index contributed by atoms with van der Waals surface area (Å²) in [6.45, 7) is 0.533. The minimum absolute atomic E-state index is 0.160. The topological polar surface area (TPSA) is 89.3 Å². The molecular formula is C13H20N4O2S. The molecule has 2 fully saturated rings. The van der Waals surface area contributed by atoms with E-state index >= 15 is 0 Å². The molecule has 0 bridgehead atoms. The number of ether oxygens (including phenoxy) is 1. The molecule has 0 aromatic carbocycles. The molecule has 1 heterocycles. The van der Waals surface area contributed by atoms with Crippen molar-refractivity contribution in [1.82, 2.24) is 10.3 Å². The zero-order valence-corrected chi connectivity index (χ0v) is 12.4. The van der Waals surface area contributed by atoms with Crippen LogP contribution in [0.5, 0.6) is 0 Å². The fourth-order valence-corrected chi connectivity index (χ4v) is 3.18. The van der Waals surface area contributed by atoms with E-state index < -0.39 is 0 Å². The Morgan fingerprint density at radius 1 is 1.55 bits per heavy atom. The first-order valence-corrected chi connectivity index (χ1v) is 7.80. The van der Waals surface area contributed by atoms with Crippen LogP contribution >= 0.6 is 11.3 Å². The number of hydrogen-bond donors (Lipinski definition) is 3. The number of nitrogens with two attached hydrogens (primary N) is 1. The van der Waals surface area contributed by atoms with E-state index in [9.17, 15) is 4.79 Å². The largest absolute Gasteiger partial charge is 0.382 e. The Balaban J connectivity index is 1.59. The molecule has 1 aromatic rings. The molecule has 110 valence electrons. The summed E-state index contributed by atoms with van der Waals surface area (Å²) in [6.07, 6.45) is 5.48. The van der Waals surface area contributed by atoms with Crippen LogP contribution in [0.2, 0.25) is 0 Å². The van der Waals surface area contributed by atoms with E-state index in [0.29, 0.717) is 23.3 Å². The quantitative estimate of drug-likeness (QED) is 0.742. The first-order valence-electron chi connectivity index (χ1n) is 6.98. The van der Waals surface area contributed by atoms with Crippen molar-refractivity contribution in [2.45, 2.75) is 43.7 Å². The van der Waals surface area contributed by atoms with Gasteiger partial charge in [-0.3, -0.25) is 4.79 Å². The number of amides is 1. The fourth-order valence-electron chi connectivity index (χ4n) is 2.30. The van der Waals surface area contributed by atoms with Crippen LogP contribution in [0.4, 0.5) is 10.9 Å². The first kappa shape index (κ1) is 13.6. The van der Waals surface area contributed by atoms with Gasteiger partial charge in [0.25, 0.3) is 5.91 Å². The third kappa shape index (κ3) is 2.73. The number of carbonyl (C=O) groups excluding carboxylic acids is 1. The van der Waals surface area contributed by atoms with Crippen molar-refractivity contribution in [1.29, 1.82) is 0 Å². The van der Waals surface area contributed by atoms with Crippen molar-refractivity contribution < 1.29 is 9.53 Å². The van der Waals surface area contributed by atoms with Crippen molar-refractivity contribution in [2.24, 2.45) is 0 Å². The van der Waals surface area contributed by atoms with Gasteiger partial charge in [0.05, 0.1) is 5.60 Å². The standard InChI is InChI=1S/C13H20N4O2S/c1-19-13(5-2-6-13)7-15-11(18)9-10(14)17-12(20-9)16-8-3-4-8/h8H,2-7,14H2,1H3,(H,15,18)(H,16,17). The second-order valence-electron chi connectivity index (χ2n) is 5.58. The molecular weight excluding hydrogens is 276 g/mol. The molecule has 0 unspecified atom stereocenters. The lowest BCUT2D eigenvalue weighted by Crippen LogP contribution is -2.49. The average Bonchev–Trinajstić information content (AvgIpc) is 3.11. The fraction of sp³-hybridized carbons (Fsp3) is 0.692. The van der Waals surface area contributed by atoms with Crippen LogP contribution in [0.25, 0.3) is 0 Å². The van der Waals surface area contributed by atoms with Gasteiger partial charge in [0.15, 0.2) is 5.13 Å². The smallest absolute Gasteiger partial charge is 0.265 e. The number of aromatic nitrogens is 1. The Bertz CT molecular complexity index is 503. The molecule has 7 heteroatoms. The van der Waals surface area contributed by atoms with Gasteiger partial charge in [-0.15, -0.1) is 0 Å². The first-order chi connectivity index (χ1) is 9.62. The van der Waals surface area contributed by atoms with Gasteiger partial charge < -0.3 is 21.1 Å². The van der Waals surface area contributed by atoms with Crippen LogP contribution in [-0.4, -0.2) is 36.2 Å². The Morgan fingerprint density at radius 3 is 2.85 bits per heavy atom. The van der Waals surface area contributed by atoms with Gasteiger partial charge in [-0.2, -0.15) is 0 Å². The molecule has 3 rings (SSSR count). The molecule has 4 N–H and O–H groups in total. The minimum atomic E-state index is -0.176. The van der Waals surface area contributed by atoms with E-state index in [1.165, 1.54) is 11.3 Å². The summed E-state index contributed by atoms with van der Waals surface area (Å²) in [5.41, 5.74) is 5.65. The number of nitrogens with one attached hydrogen (secondary N) is 2. The van der Waals surface area contributed by atoms with E-state index in [2.05, 4.69) is 15.6 Å². The zero-order valence-electron chi connectivity index (χ0n) is 11.6. The highest BCUT2D eigenvalue weighted by Gasteiger charge is 2.37. The number of hydrogen-bond acceptors (Lipinski definition) is 6. The maximum absolute atomic E-state index is 12.2. The Kier molecular flexibility index (Phi) is 3.55. The molecule has 0 radical (unpaired) electrons. The number of rotatable bonds is 6. The summed E-state index contributed by atoms with van der Waals surface area (Å²) in [7, 11) is 1.70. The van der Waals surface area contributed by atoms with Gasteiger partial charge in [-0.25, -0.2) is 4.98 Å². The highest BCUT2D eigenvalue weighted by Crippen LogP contribution is 2.35. The number of nitrogens with zero attached hydrogens (tertiary/aromatic N) is 1. The molecule has 2 aliphatic rings. The van der Waals surface area contributed by atoms with Crippen molar-refractivity contribution in [3.05, 3.63) is 4.88 Å². The molecule has 0 aliphatic heterocycles. The summed E-state index contributed by atoms with van der Waals surface area (Å²) < 4.78 is 5.49. The molecule has 2 saturated carbocycles. The summed E-state index contributed by atoms with van der Waals surface area (Å²) in [4.78, 5) is 16.9. The van der Waals surface area contributed by atoms with Crippen molar-refractivity contribution >= 4 is 28.2 Å². The van der Waals surface area contributed by atoms with E-state index in [1.54, 1.807) is 7.11 Å². The zero-order chi connectivity index (χ0) is 14.2. The van der Waals surface area contributed by atoms with Gasteiger partial charge in [-0.1, -0.05) is 11.3 Å². The van der Waals surface area contributed by atoms with E-state index in [0.717, 1.165) is 37.2 Å². The highest BCUT2D eigenvalue weighted by molar-refractivity contribution is 7.18. The summed E-state index contributed by atoms with van der Waals surface area (Å²) in [6, 6.07) is 0.503. The van der Waals surface area contributed by atoms with Crippen LogP contribution < -0.4 is 16.4 Å². The third-order valence-electron chi connectivity index (χ3n) is 4.03. The van der Waals surface area contributed by atoms with Crippen molar-refractivity contribution in [3.63, 3.8) is 0 Å². The molecule has 1 amide bonds. The predicted molar refractivity (Wildman–Crippen MR) is 79.1 cm³/mol. The van der Waals surface area contributed by atoms with E-state index in [1.807, 2.05) is 0 Å². The van der Waals surface area contributed by atoms with Crippen molar-refractivity contribution in [2.75, 3.05) is 24.7 Å². The molecule has 2 aliphatic carbocycles.